The van der Waals surface area contributed by atoms with Crippen LogP contribution in [0.15, 0.2) is 0 Å². The van der Waals surface area contributed by atoms with Gasteiger partial charge in [-0.25, -0.2) is 9.97 Å². The predicted octanol–water partition coefficient (Wildman–Crippen LogP) is 2.01. The number of nitrogen functional groups attached to an aromatic ring is 1. The summed E-state index contributed by atoms with van der Waals surface area (Å²) in [7, 11) is 0. The molecule has 5 nitrogen and oxygen atoms in total. The van der Waals surface area contributed by atoms with Gasteiger partial charge in [-0.3, -0.25) is 0 Å². The van der Waals surface area contributed by atoms with Crippen LogP contribution in [0.1, 0.15) is 43.8 Å². The van der Waals surface area contributed by atoms with E-state index in [0.29, 0.717) is 18.3 Å². The highest BCUT2D eigenvalue weighted by Gasteiger charge is 2.22. The Hall–Kier alpha value is -1.62. The number of fused-ring (bicyclic) bond motifs is 3. The maximum absolute atomic E-state index is 6.12. The molecular formula is C15H23N5. The number of aryl methyl sites for hydroxylation is 2. The Morgan fingerprint density at radius 3 is 2.65 bits per heavy atom. The molecule has 0 spiro atoms. The molecular weight excluding hydrogens is 250 g/mol. The van der Waals surface area contributed by atoms with Gasteiger partial charge in [-0.05, 0) is 37.2 Å². The molecule has 1 aliphatic carbocycles. The molecule has 2 heterocycles. The molecule has 0 atom stereocenters. The normalized spacial score (nSPS) is 15.0. The molecule has 0 radical (unpaired) electrons. The number of hydrogen-bond donors (Lipinski definition) is 2. The van der Waals surface area contributed by atoms with Gasteiger partial charge in [-0.15, -0.1) is 0 Å². The minimum Gasteiger partial charge on any atom is -0.382 e. The monoisotopic (exact) mass is 273 g/mol. The zero-order chi connectivity index (χ0) is 14.3. The Kier molecular flexibility index (Phi) is 3.38. The zero-order valence-electron chi connectivity index (χ0n) is 12.3. The van der Waals surface area contributed by atoms with Crippen LogP contribution in [0.5, 0.6) is 0 Å². The van der Waals surface area contributed by atoms with Gasteiger partial charge in [-0.2, -0.15) is 0 Å². The first-order valence-corrected chi connectivity index (χ1v) is 7.48. The maximum Gasteiger partial charge on any atom is 0.151 e. The third kappa shape index (κ3) is 2.06. The average Bonchev–Trinajstić information content (AvgIpc) is 2.78. The van der Waals surface area contributed by atoms with Crippen molar-refractivity contribution in [1.29, 1.82) is 0 Å². The number of nitrogens with two attached hydrogens (primary N) is 2. The number of anilines is 1. The summed E-state index contributed by atoms with van der Waals surface area (Å²) >= 11 is 0. The van der Waals surface area contributed by atoms with Crippen LogP contribution in [0, 0.1) is 5.92 Å². The van der Waals surface area contributed by atoms with E-state index in [2.05, 4.69) is 28.4 Å². The van der Waals surface area contributed by atoms with Crippen molar-refractivity contribution in [3.8, 4) is 0 Å². The van der Waals surface area contributed by atoms with Crippen molar-refractivity contribution in [2.75, 3.05) is 5.73 Å². The molecule has 3 rings (SSSR count). The highest BCUT2D eigenvalue weighted by molar-refractivity contribution is 5.89. The smallest absolute Gasteiger partial charge is 0.151 e. The van der Waals surface area contributed by atoms with Gasteiger partial charge in [0.1, 0.15) is 11.3 Å². The standard InChI is InChI=1S/C15H23N5/c1-9(2)8-20-12(7-16)19-13-14(20)10-5-3-4-6-11(10)18-15(13)17/h9H,3-8,16H2,1-2H3,(H2,17,18). The predicted molar refractivity (Wildman–Crippen MR) is 81.3 cm³/mol. The minimum atomic E-state index is 0.440. The Labute approximate surface area is 119 Å². The summed E-state index contributed by atoms with van der Waals surface area (Å²) in [6.07, 6.45) is 4.53. The first kappa shape index (κ1) is 13.4. The molecule has 0 aliphatic heterocycles. The van der Waals surface area contributed by atoms with Crippen LogP contribution < -0.4 is 11.5 Å². The number of hydrogen-bond acceptors (Lipinski definition) is 4. The molecule has 0 fully saturated rings. The molecule has 0 unspecified atom stereocenters. The summed E-state index contributed by atoms with van der Waals surface area (Å²) in [5.41, 5.74) is 16.5. The fourth-order valence-electron chi connectivity index (χ4n) is 3.17. The number of rotatable bonds is 3. The first-order chi connectivity index (χ1) is 9.61. The van der Waals surface area contributed by atoms with Crippen LogP contribution in [-0.2, 0) is 25.9 Å². The van der Waals surface area contributed by atoms with E-state index in [4.69, 9.17) is 11.5 Å². The van der Waals surface area contributed by atoms with E-state index >= 15 is 0 Å². The lowest BCUT2D eigenvalue weighted by atomic mass is 9.94. The second-order valence-corrected chi connectivity index (χ2v) is 6.06. The van der Waals surface area contributed by atoms with Crippen molar-refractivity contribution in [2.45, 2.75) is 52.6 Å². The molecule has 1 aliphatic rings. The molecule has 0 saturated heterocycles. The van der Waals surface area contributed by atoms with Crippen molar-refractivity contribution in [3.05, 3.63) is 17.1 Å². The zero-order valence-corrected chi connectivity index (χ0v) is 12.3. The van der Waals surface area contributed by atoms with Crippen LogP contribution >= 0.6 is 0 Å². The van der Waals surface area contributed by atoms with Crippen LogP contribution in [0.25, 0.3) is 11.0 Å². The molecule has 20 heavy (non-hydrogen) atoms. The van der Waals surface area contributed by atoms with Gasteiger partial charge < -0.3 is 16.0 Å². The highest BCUT2D eigenvalue weighted by Crippen LogP contribution is 2.31. The number of aromatic nitrogens is 3. The lowest BCUT2D eigenvalue weighted by Crippen LogP contribution is -2.14. The average molecular weight is 273 g/mol. The van der Waals surface area contributed by atoms with Crippen LogP contribution in [0.3, 0.4) is 0 Å². The van der Waals surface area contributed by atoms with E-state index < -0.39 is 0 Å². The SMILES string of the molecule is CC(C)Cn1c(CN)nc2c(N)nc3c(c21)CCCC3. The minimum absolute atomic E-state index is 0.440. The summed E-state index contributed by atoms with van der Waals surface area (Å²) in [6, 6.07) is 0. The molecule has 0 saturated carbocycles. The molecule has 2 aromatic heterocycles. The second-order valence-electron chi connectivity index (χ2n) is 6.06. The summed E-state index contributed by atoms with van der Waals surface area (Å²) < 4.78 is 2.27. The molecule has 0 bridgehead atoms. The number of nitrogens with zero attached hydrogens (tertiary/aromatic N) is 3. The molecule has 0 aromatic carbocycles. The second kappa shape index (κ2) is 5.05. The summed E-state index contributed by atoms with van der Waals surface area (Å²) in [4.78, 5) is 9.21. The molecule has 0 amide bonds. The van der Waals surface area contributed by atoms with Gasteiger partial charge >= 0.3 is 0 Å². The fraction of sp³-hybridized carbons (Fsp3) is 0.600. The van der Waals surface area contributed by atoms with Gasteiger partial charge in [0.25, 0.3) is 0 Å². The van der Waals surface area contributed by atoms with Crippen LogP contribution in [0.4, 0.5) is 5.82 Å². The van der Waals surface area contributed by atoms with E-state index in [1.54, 1.807) is 0 Å². The highest BCUT2D eigenvalue weighted by atomic mass is 15.1. The van der Waals surface area contributed by atoms with E-state index in [1.807, 2.05) is 0 Å². The van der Waals surface area contributed by atoms with E-state index in [0.717, 1.165) is 36.4 Å². The maximum atomic E-state index is 6.12. The summed E-state index contributed by atoms with van der Waals surface area (Å²) in [5.74, 6) is 2.02. The van der Waals surface area contributed by atoms with Gasteiger partial charge in [0.05, 0.1) is 12.1 Å². The lowest BCUT2D eigenvalue weighted by Gasteiger charge is -2.19. The van der Waals surface area contributed by atoms with Gasteiger partial charge in [0.2, 0.25) is 0 Å². The Morgan fingerprint density at radius 1 is 1.20 bits per heavy atom. The first-order valence-electron chi connectivity index (χ1n) is 7.48. The molecule has 5 heteroatoms. The summed E-state index contributed by atoms with van der Waals surface area (Å²) in [6.45, 7) is 5.79. The van der Waals surface area contributed by atoms with Gasteiger partial charge in [0, 0.05) is 12.2 Å². The van der Waals surface area contributed by atoms with Crippen LogP contribution in [0.2, 0.25) is 0 Å². The number of imidazole rings is 1. The summed E-state index contributed by atoms with van der Waals surface area (Å²) in [5, 5.41) is 0. The van der Waals surface area contributed by atoms with Crippen molar-refractivity contribution >= 4 is 16.9 Å². The van der Waals surface area contributed by atoms with Crippen molar-refractivity contribution < 1.29 is 0 Å². The van der Waals surface area contributed by atoms with Gasteiger partial charge in [0.15, 0.2) is 5.82 Å². The largest absolute Gasteiger partial charge is 0.382 e. The molecule has 2 aromatic rings. The van der Waals surface area contributed by atoms with Gasteiger partial charge in [-0.1, -0.05) is 13.8 Å². The van der Waals surface area contributed by atoms with Crippen molar-refractivity contribution in [2.24, 2.45) is 11.7 Å². The molecule has 108 valence electrons. The third-order valence-corrected chi connectivity index (χ3v) is 4.00. The van der Waals surface area contributed by atoms with E-state index in [9.17, 15) is 0 Å². The Morgan fingerprint density at radius 2 is 1.95 bits per heavy atom. The lowest BCUT2D eigenvalue weighted by molar-refractivity contribution is 0.515. The Balaban J connectivity index is 2.31. The van der Waals surface area contributed by atoms with Crippen molar-refractivity contribution in [1.82, 2.24) is 14.5 Å². The van der Waals surface area contributed by atoms with Crippen molar-refractivity contribution in [3.63, 3.8) is 0 Å². The Bertz CT molecular complexity index is 641. The van der Waals surface area contributed by atoms with E-state index in [-0.39, 0.29) is 0 Å². The van der Waals surface area contributed by atoms with Crippen LogP contribution in [-0.4, -0.2) is 14.5 Å². The fourth-order valence-corrected chi connectivity index (χ4v) is 3.17. The number of pyridine rings is 1. The topological polar surface area (TPSA) is 82.8 Å². The quantitative estimate of drug-likeness (QED) is 0.896. The third-order valence-electron chi connectivity index (χ3n) is 4.00. The van der Waals surface area contributed by atoms with E-state index in [1.165, 1.54) is 23.9 Å². The molecule has 4 N–H and O–H groups in total.